The molecule has 0 radical (unpaired) electrons. The van der Waals surface area contributed by atoms with Crippen molar-refractivity contribution in [2.24, 2.45) is 0 Å². The highest BCUT2D eigenvalue weighted by Gasteiger charge is 2.22. The summed E-state index contributed by atoms with van der Waals surface area (Å²) in [5, 5.41) is 2.39. The number of alkyl carbamates (subject to hydrolysis) is 1. The van der Waals surface area contributed by atoms with Crippen molar-refractivity contribution >= 4 is 12.1 Å². The van der Waals surface area contributed by atoms with Crippen LogP contribution in [0.1, 0.15) is 27.7 Å². The van der Waals surface area contributed by atoms with Gasteiger partial charge in [0.1, 0.15) is 11.6 Å². The van der Waals surface area contributed by atoms with Gasteiger partial charge in [0.25, 0.3) is 0 Å². The smallest absolute Gasteiger partial charge is 0.408 e. The molecule has 0 aliphatic heterocycles. The largest absolute Gasteiger partial charge is 0.444 e. The number of hydrogen-bond acceptors (Lipinski definition) is 5. The minimum atomic E-state index is -0.822. The molecule has 1 rings (SSSR count). The maximum atomic E-state index is 11.7. The van der Waals surface area contributed by atoms with Crippen molar-refractivity contribution in [3.05, 3.63) is 24.4 Å². The molecule has 104 valence electrons. The average Bonchev–Trinajstić information content (AvgIpc) is 2.27. The minimum Gasteiger partial charge on any atom is -0.444 e. The van der Waals surface area contributed by atoms with E-state index in [1.165, 1.54) is 13.1 Å². The molecule has 1 atom stereocenters. The van der Waals surface area contributed by atoms with Crippen molar-refractivity contribution in [1.82, 2.24) is 10.3 Å². The molecule has 0 aliphatic rings. The molecule has 0 saturated heterocycles. The number of amides is 1. The van der Waals surface area contributed by atoms with Crippen LogP contribution in [0.2, 0.25) is 0 Å². The van der Waals surface area contributed by atoms with Gasteiger partial charge in [0.05, 0.1) is 0 Å². The van der Waals surface area contributed by atoms with Crippen LogP contribution in [-0.4, -0.2) is 28.7 Å². The summed E-state index contributed by atoms with van der Waals surface area (Å²) in [7, 11) is 0. The van der Waals surface area contributed by atoms with E-state index in [-0.39, 0.29) is 5.88 Å². The number of pyridine rings is 1. The molecule has 0 fully saturated rings. The molecule has 6 nitrogen and oxygen atoms in total. The van der Waals surface area contributed by atoms with Crippen molar-refractivity contribution < 1.29 is 19.1 Å². The third-order valence-corrected chi connectivity index (χ3v) is 1.93. The van der Waals surface area contributed by atoms with E-state index in [9.17, 15) is 9.59 Å². The quantitative estimate of drug-likeness (QED) is 0.845. The summed E-state index contributed by atoms with van der Waals surface area (Å²) in [4.78, 5) is 27.0. The Kier molecular flexibility index (Phi) is 4.86. The lowest BCUT2D eigenvalue weighted by atomic mass is 10.2. The monoisotopic (exact) mass is 266 g/mol. The van der Waals surface area contributed by atoms with Crippen molar-refractivity contribution in [2.75, 3.05) is 0 Å². The van der Waals surface area contributed by atoms with Gasteiger partial charge in [-0.15, -0.1) is 0 Å². The molecule has 0 aliphatic carbocycles. The second-order valence-electron chi connectivity index (χ2n) is 4.96. The highest BCUT2D eigenvalue weighted by atomic mass is 16.6. The van der Waals surface area contributed by atoms with Crippen LogP contribution < -0.4 is 10.1 Å². The van der Waals surface area contributed by atoms with E-state index >= 15 is 0 Å². The van der Waals surface area contributed by atoms with Gasteiger partial charge < -0.3 is 14.8 Å². The molecule has 1 aromatic heterocycles. The Morgan fingerprint density at radius 2 is 2.00 bits per heavy atom. The molecular weight excluding hydrogens is 248 g/mol. The molecule has 0 saturated carbocycles. The number of carbonyl (C=O) groups excluding carboxylic acids is 2. The first-order valence-corrected chi connectivity index (χ1v) is 5.90. The van der Waals surface area contributed by atoms with E-state index in [4.69, 9.17) is 9.47 Å². The highest BCUT2D eigenvalue weighted by Crippen LogP contribution is 2.08. The van der Waals surface area contributed by atoms with Gasteiger partial charge in [0.15, 0.2) is 0 Å². The van der Waals surface area contributed by atoms with E-state index in [0.717, 1.165) is 0 Å². The summed E-state index contributed by atoms with van der Waals surface area (Å²) >= 11 is 0. The maximum Gasteiger partial charge on any atom is 0.408 e. The number of aromatic nitrogens is 1. The summed E-state index contributed by atoms with van der Waals surface area (Å²) in [6.07, 6.45) is 0.840. The van der Waals surface area contributed by atoms with Crippen molar-refractivity contribution in [2.45, 2.75) is 39.3 Å². The molecule has 0 bridgehead atoms. The van der Waals surface area contributed by atoms with Crippen LogP contribution in [-0.2, 0) is 9.53 Å². The van der Waals surface area contributed by atoms with E-state index in [1.807, 2.05) is 0 Å². The first-order valence-electron chi connectivity index (χ1n) is 5.90. The van der Waals surface area contributed by atoms with Gasteiger partial charge in [-0.3, -0.25) is 0 Å². The van der Waals surface area contributed by atoms with Gasteiger partial charge in [0, 0.05) is 12.3 Å². The highest BCUT2D eigenvalue weighted by molar-refractivity contribution is 5.82. The van der Waals surface area contributed by atoms with Gasteiger partial charge in [-0.2, -0.15) is 0 Å². The van der Waals surface area contributed by atoms with Gasteiger partial charge in [-0.1, -0.05) is 6.07 Å². The van der Waals surface area contributed by atoms with Gasteiger partial charge in [0.2, 0.25) is 5.88 Å². The number of nitrogens with one attached hydrogen (secondary N) is 1. The van der Waals surface area contributed by atoms with Crippen LogP contribution in [0, 0.1) is 0 Å². The number of rotatable bonds is 3. The molecule has 0 aromatic carbocycles. The predicted octanol–water partition coefficient (Wildman–Crippen LogP) is 1.90. The van der Waals surface area contributed by atoms with Crippen LogP contribution in [0.15, 0.2) is 24.4 Å². The molecule has 1 amide bonds. The first kappa shape index (κ1) is 14.9. The second kappa shape index (κ2) is 6.17. The molecule has 6 heteroatoms. The first-order chi connectivity index (χ1) is 8.78. The van der Waals surface area contributed by atoms with Gasteiger partial charge in [-0.25, -0.2) is 14.6 Å². The molecule has 1 unspecified atom stereocenters. The summed E-state index contributed by atoms with van der Waals surface area (Å²) in [5.41, 5.74) is -0.616. The molecular formula is C13H18N2O4. The molecule has 1 N–H and O–H groups in total. The zero-order chi connectivity index (χ0) is 14.5. The fourth-order valence-corrected chi connectivity index (χ4v) is 1.14. The normalized spacial score (nSPS) is 12.4. The maximum absolute atomic E-state index is 11.7. The number of nitrogens with zero attached hydrogens (tertiary/aromatic N) is 1. The van der Waals surface area contributed by atoms with Gasteiger partial charge >= 0.3 is 12.1 Å². The summed E-state index contributed by atoms with van der Waals surface area (Å²) in [5.74, 6) is -0.421. The lowest BCUT2D eigenvalue weighted by molar-refractivity contribution is -0.136. The Hall–Kier alpha value is -2.11. The SMILES string of the molecule is CC(NC(=O)OC(C)(C)C)C(=O)Oc1ccccn1. The number of hydrogen-bond donors (Lipinski definition) is 1. The number of ether oxygens (including phenoxy) is 2. The predicted molar refractivity (Wildman–Crippen MR) is 68.7 cm³/mol. The Morgan fingerprint density at radius 1 is 1.32 bits per heavy atom. The zero-order valence-electron chi connectivity index (χ0n) is 11.5. The van der Waals surface area contributed by atoms with Gasteiger partial charge in [-0.05, 0) is 33.8 Å². The summed E-state index contributed by atoms with van der Waals surface area (Å²) in [6, 6.07) is 4.14. The lowest BCUT2D eigenvalue weighted by Gasteiger charge is -2.21. The fourth-order valence-electron chi connectivity index (χ4n) is 1.14. The van der Waals surface area contributed by atoms with E-state index in [0.29, 0.717) is 0 Å². The van der Waals surface area contributed by atoms with Crippen molar-refractivity contribution in [3.63, 3.8) is 0 Å². The minimum absolute atomic E-state index is 0.185. The average molecular weight is 266 g/mol. The van der Waals surface area contributed by atoms with Crippen LogP contribution >= 0.6 is 0 Å². The molecule has 19 heavy (non-hydrogen) atoms. The second-order valence-corrected chi connectivity index (χ2v) is 4.96. The summed E-state index contributed by atoms with van der Waals surface area (Å²) < 4.78 is 10.0. The Balaban J connectivity index is 2.47. The summed E-state index contributed by atoms with van der Waals surface area (Å²) in [6.45, 7) is 6.73. The third kappa shape index (κ3) is 5.85. The van der Waals surface area contributed by atoms with Crippen LogP contribution in [0.5, 0.6) is 5.88 Å². The molecule has 1 heterocycles. The molecule has 1 aromatic rings. The number of esters is 1. The van der Waals surface area contributed by atoms with Crippen LogP contribution in [0.3, 0.4) is 0 Å². The standard InChI is InChI=1S/C13H18N2O4/c1-9(15-12(17)19-13(2,3)4)11(16)18-10-7-5-6-8-14-10/h5-9H,1-4H3,(H,15,17). The topological polar surface area (TPSA) is 77.5 Å². The molecule has 0 spiro atoms. The Morgan fingerprint density at radius 3 is 2.53 bits per heavy atom. The van der Waals surface area contributed by atoms with Crippen LogP contribution in [0.4, 0.5) is 4.79 Å². The Bertz CT molecular complexity index is 440. The lowest BCUT2D eigenvalue weighted by Crippen LogP contribution is -2.43. The third-order valence-electron chi connectivity index (χ3n) is 1.93. The van der Waals surface area contributed by atoms with Crippen molar-refractivity contribution in [1.29, 1.82) is 0 Å². The van der Waals surface area contributed by atoms with E-state index in [1.54, 1.807) is 39.0 Å². The fraction of sp³-hybridized carbons (Fsp3) is 0.462. The Labute approximate surface area is 112 Å². The van der Waals surface area contributed by atoms with Crippen molar-refractivity contribution in [3.8, 4) is 5.88 Å². The number of carbonyl (C=O) groups is 2. The van der Waals surface area contributed by atoms with E-state index in [2.05, 4.69) is 10.3 Å². The van der Waals surface area contributed by atoms with Crippen LogP contribution in [0.25, 0.3) is 0 Å². The zero-order valence-corrected chi connectivity index (χ0v) is 11.5. The van der Waals surface area contributed by atoms with E-state index < -0.39 is 23.7 Å².